The quantitative estimate of drug-likeness (QED) is 0.811. The molecule has 2 rings (SSSR count). The van der Waals surface area contributed by atoms with Gasteiger partial charge in [0.1, 0.15) is 0 Å². The van der Waals surface area contributed by atoms with Crippen LogP contribution in [0.2, 0.25) is 0 Å². The topological polar surface area (TPSA) is 24.5 Å². The Kier molecular flexibility index (Phi) is 4.48. The van der Waals surface area contributed by atoms with Gasteiger partial charge in [0.05, 0.1) is 0 Å². The number of anilines is 2. The molecule has 1 aliphatic rings. The zero-order valence-corrected chi connectivity index (χ0v) is 11.7. The van der Waals surface area contributed by atoms with Crippen LogP contribution in [0.3, 0.4) is 0 Å². The molecule has 3 heteroatoms. The molecule has 0 spiro atoms. The van der Waals surface area contributed by atoms with Crippen LogP contribution in [0, 0.1) is 0 Å². The standard InChI is InChI=1S/C15H24N2O/c1-12-5-6-13-11-14(7-8-15(13)16-12)17(2)9-4-10-18-3/h7-8,11-12,16H,4-6,9-10H2,1-3H3. The minimum absolute atomic E-state index is 0.600. The van der Waals surface area contributed by atoms with Gasteiger partial charge in [-0.05, 0) is 49.9 Å². The van der Waals surface area contributed by atoms with E-state index in [0.29, 0.717) is 6.04 Å². The monoisotopic (exact) mass is 248 g/mol. The molecule has 0 amide bonds. The van der Waals surface area contributed by atoms with E-state index in [-0.39, 0.29) is 0 Å². The predicted octanol–water partition coefficient (Wildman–Crippen LogP) is 2.91. The van der Waals surface area contributed by atoms with Crippen molar-refractivity contribution in [2.24, 2.45) is 0 Å². The van der Waals surface area contributed by atoms with Crippen LogP contribution in [0.5, 0.6) is 0 Å². The molecule has 0 saturated heterocycles. The molecule has 100 valence electrons. The largest absolute Gasteiger partial charge is 0.385 e. The molecule has 1 atom stereocenters. The molecule has 1 aliphatic heterocycles. The fourth-order valence-corrected chi connectivity index (χ4v) is 2.45. The van der Waals surface area contributed by atoms with Gasteiger partial charge in [-0.3, -0.25) is 0 Å². The van der Waals surface area contributed by atoms with Crippen molar-refractivity contribution < 1.29 is 4.74 Å². The Balaban J connectivity index is 2.02. The SMILES string of the molecule is COCCCN(C)c1ccc2c(c1)CCC(C)N2. The zero-order chi connectivity index (χ0) is 13.0. The van der Waals surface area contributed by atoms with Crippen molar-refractivity contribution in [3.05, 3.63) is 23.8 Å². The van der Waals surface area contributed by atoms with Gasteiger partial charge in [-0.15, -0.1) is 0 Å². The van der Waals surface area contributed by atoms with E-state index in [1.165, 1.54) is 29.8 Å². The van der Waals surface area contributed by atoms with Crippen LogP contribution in [0.1, 0.15) is 25.3 Å². The highest BCUT2D eigenvalue weighted by Gasteiger charge is 2.14. The Morgan fingerprint density at radius 3 is 3.06 bits per heavy atom. The van der Waals surface area contributed by atoms with Gasteiger partial charge < -0.3 is 15.0 Å². The lowest BCUT2D eigenvalue weighted by molar-refractivity contribution is 0.196. The smallest absolute Gasteiger partial charge is 0.0479 e. The molecule has 0 bridgehead atoms. The minimum atomic E-state index is 0.600. The average molecular weight is 248 g/mol. The highest BCUT2D eigenvalue weighted by atomic mass is 16.5. The third-order valence-electron chi connectivity index (χ3n) is 3.62. The van der Waals surface area contributed by atoms with E-state index in [1.54, 1.807) is 7.11 Å². The van der Waals surface area contributed by atoms with Crippen molar-refractivity contribution in [1.29, 1.82) is 0 Å². The molecule has 0 aliphatic carbocycles. The number of hydrogen-bond acceptors (Lipinski definition) is 3. The third-order valence-corrected chi connectivity index (χ3v) is 3.62. The first-order chi connectivity index (χ1) is 8.70. The molecule has 1 aromatic rings. The van der Waals surface area contributed by atoms with Gasteiger partial charge in [0.2, 0.25) is 0 Å². The van der Waals surface area contributed by atoms with E-state index in [0.717, 1.165) is 19.6 Å². The summed E-state index contributed by atoms with van der Waals surface area (Å²) in [4.78, 5) is 2.30. The highest BCUT2D eigenvalue weighted by Crippen LogP contribution is 2.28. The van der Waals surface area contributed by atoms with Crippen molar-refractivity contribution in [2.75, 3.05) is 37.5 Å². The molecular weight excluding hydrogens is 224 g/mol. The molecule has 18 heavy (non-hydrogen) atoms. The van der Waals surface area contributed by atoms with Crippen LogP contribution >= 0.6 is 0 Å². The molecule has 0 fully saturated rings. The fourth-order valence-electron chi connectivity index (χ4n) is 2.45. The fraction of sp³-hybridized carbons (Fsp3) is 0.600. The van der Waals surface area contributed by atoms with Crippen LogP contribution in [0.15, 0.2) is 18.2 Å². The average Bonchev–Trinajstić information content (AvgIpc) is 2.38. The molecule has 1 N–H and O–H groups in total. The Morgan fingerprint density at radius 1 is 1.44 bits per heavy atom. The number of rotatable bonds is 5. The van der Waals surface area contributed by atoms with Crippen molar-refractivity contribution in [2.45, 2.75) is 32.2 Å². The Labute approximate surface area is 110 Å². The maximum Gasteiger partial charge on any atom is 0.0479 e. The van der Waals surface area contributed by atoms with E-state index in [4.69, 9.17) is 4.74 Å². The summed E-state index contributed by atoms with van der Waals surface area (Å²) < 4.78 is 5.09. The predicted molar refractivity (Wildman–Crippen MR) is 77.6 cm³/mol. The van der Waals surface area contributed by atoms with Gasteiger partial charge in [0, 0.05) is 44.7 Å². The summed E-state index contributed by atoms with van der Waals surface area (Å²) >= 11 is 0. The van der Waals surface area contributed by atoms with Gasteiger partial charge in [0.25, 0.3) is 0 Å². The summed E-state index contributed by atoms with van der Waals surface area (Å²) in [6, 6.07) is 7.34. The second-order valence-corrected chi connectivity index (χ2v) is 5.19. The van der Waals surface area contributed by atoms with E-state index in [2.05, 4.69) is 42.4 Å². The van der Waals surface area contributed by atoms with Gasteiger partial charge in [-0.1, -0.05) is 0 Å². The van der Waals surface area contributed by atoms with Gasteiger partial charge in [0.15, 0.2) is 0 Å². The number of fused-ring (bicyclic) bond motifs is 1. The summed E-state index contributed by atoms with van der Waals surface area (Å²) in [7, 11) is 3.90. The second-order valence-electron chi connectivity index (χ2n) is 5.19. The maximum atomic E-state index is 5.09. The summed E-state index contributed by atoms with van der Waals surface area (Å²) in [6.45, 7) is 4.11. The molecule has 0 aromatic heterocycles. The van der Waals surface area contributed by atoms with Gasteiger partial charge >= 0.3 is 0 Å². The molecule has 0 saturated carbocycles. The molecule has 1 heterocycles. The maximum absolute atomic E-state index is 5.09. The molecule has 1 aromatic carbocycles. The normalized spacial score (nSPS) is 18.1. The first kappa shape index (κ1) is 13.2. The molecule has 1 unspecified atom stereocenters. The third kappa shape index (κ3) is 3.16. The Bertz CT molecular complexity index is 392. The zero-order valence-electron chi connectivity index (χ0n) is 11.7. The lowest BCUT2D eigenvalue weighted by Gasteiger charge is -2.26. The first-order valence-electron chi connectivity index (χ1n) is 6.80. The minimum Gasteiger partial charge on any atom is -0.385 e. The van der Waals surface area contributed by atoms with Crippen LogP contribution in [-0.2, 0) is 11.2 Å². The Morgan fingerprint density at radius 2 is 2.28 bits per heavy atom. The van der Waals surface area contributed by atoms with Crippen molar-refractivity contribution >= 4 is 11.4 Å². The number of benzene rings is 1. The van der Waals surface area contributed by atoms with Crippen LogP contribution in [-0.4, -0.2) is 33.4 Å². The number of nitrogens with zero attached hydrogens (tertiary/aromatic N) is 1. The Hall–Kier alpha value is -1.22. The van der Waals surface area contributed by atoms with Gasteiger partial charge in [-0.2, -0.15) is 0 Å². The summed E-state index contributed by atoms with van der Waals surface area (Å²) in [6.07, 6.45) is 3.48. The number of methoxy groups -OCH3 is 1. The van der Waals surface area contributed by atoms with Crippen LogP contribution in [0.4, 0.5) is 11.4 Å². The van der Waals surface area contributed by atoms with Crippen molar-refractivity contribution in [1.82, 2.24) is 0 Å². The van der Waals surface area contributed by atoms with E-state index < -0.39 is 0 Å². The molecule has 0 radical (unpaired) electrons. The number of ether oxygens (including phenoxy) is 1. The number of nitrogens with one attached hydrogen (secondary N) is 1. The van der Waals surface area contributed by atoms with Crippen molar-refractivity contribution in [3.63, 3.8) is 0 Å². The van der Waals surface area contributed by atoms with E-state index >= 15 is 0 Å². The number of hydrogen-bond donors (Lipinski definition) is 1. The summed E-state index contributed by atoms with van der Waals surface area (Å²) in [5.74, 6) is 0. The van der Waals surface area contributed by atoms with Crippen LogP contribution < -0.4 is 10.2 Å². The highest BCUT2D eigenvalue weighted by molar-refractivity contribution is 5.62. The number of aryl methyl sites for hydroxylation is 1. The van der Waals surface area contributed by atoms with E-state index in [1.807, 2.05) is 0 Å². The van der Waals surface area contributed by atoms with Crippen molar-refractivity contribution in [3.8, 4) is 0 Å². The summed E-state index contributed by atoms with van der Waals surface area (Å²) in [5.41, 5.74) is 4.06. The molecule has 3 nitrogen and oxygen atoms in total. The lowest BCUT2D eigenvalue weighted by Crippen LogP contribution is -2.23. The van der Waals surface area contributed by atoms with Gasteiger partial charge in [-0.25, -0.2) is 0 Å². The van der Waals surface area contributed by atoms with Crippen LogP contribution in [0.25, 0.3) is 0 Å². The lowest BCUT2D eigenvalue weighted by atomic mass is 9.98. The first-order valence-corrected chi connectivity index (χ1v) is 6.80. The molecular formula is C15H24N2O. The second kappa shape index (κ2) is 6.10. The summed E-state index contributed by atoms with van der Waals surface area (Å²) in [5, 5.41) is 3.54. The van der Waals surface area contributed by atoms with E-state index in [9.17, 15) is 0 Å².